The highest BCUT2D eigenvalue weighted by Gasteiger charge is 2.50. The van der Waals surface area contributed by atoms with Gasteiger partial charge in [-0.3, -0.25) is 5.32 Å². The Morgan fingerprint density at radius 3 is 1.71 bits per heavy atom. The molecule has 0 aromatic heterocycles. The molecule has 13 heteroatoms. The highest BCUT2D eigenvalue weighted by atomic mass is 16.7. The highest BCUT2D eigenvalue weighted by molar-refractivity contribution is 5.28. The van der Waals surface area contributed by atoms with Gasteiger partial charge in [0.2, 0.25) is 0 Å². The van der Waals surface area contributed by atoms with Gasteiger partial charge in [-0.25, -0.2) is 0 Å². The van der Waals surface area contributed by atoms with E-state index < -0.39 is 74.5 Å². The van der Waals surface area contributed by atoms with Crippen LogP contribution in [0.15, 0.2) is 48.5 Å². The van der Waals surface area contributed by atoms with E-state index in [-0.39, 0.29) is 0 Å². The third-order valence-electron chi connectivity index (χ3n) is 7.41. The number of methoxy groups -OCH3 is 2. The van der Waals surface area contributed by atoms with E-state index in [0.717, 1.165) is 11.1 Å². The van der Waals surface area contributed by atoms with Gasteiger partial charge in [0.15, 0.2) is 6.29 Å². The summed E-state index contributed by atoms with van der Waals surface area (Å²) in [6, 6.07) is 14.0. The van der Waals surface area contributed by atoms with Crippen molar-refractivity contribution in [2.45, 2.75) is 74.4 Å². The van der Waals surface area contributed by atoms with Crippen molar-refractivity contribution in [1.29, 1.82) is 0 Å². The molecule has 0 unspecified atom stereocenters. The fraction of sp³-hybridized carbons (Fsp3) is 0.571. The number of ether oxygens (including phenoxy) is 5. The smallest absolute Gasteiger partial charge is 0.187 e. The van der Waals surface area contributed by atoms with Crippen LogP contribution in [0, 0.1) is 0 Å². The summed E-state index contributed by atoms with van der Waals surface area (Å²) in [4.78, 5) is 0. The van der Waals surface area contributed by atoms with Gasteiger partial charge in [-0.15, -0.1) is 0 Å². The highest BCUT2D eigenvalue weighted by Crippen LogP contribution is 2.29. The zero-order valence-corrected chi connectivity index (χ0v) is 22.9. The van der Waals surface area contributed by atoms with Crippen molar-refractivity contribution in [2.75, 3.05) is 27.4 Å². The monoisotopic (exact) mass is 580 g/mol. The fourth-order valence-electron chi connectivity index (χ4n) is 4.95. The van der Waals surface area contributed by atoms with E-state index in [1.54, 1.807) is 14.2 Å². The van der Waals surface area contributed by atoms with Crippen LogP contribution in [-0.4, -0.2) is 119 Å². The molecule has 13 nitrogen and oxygen atoms in total. The second kappa shape index (κ2) is 14.7. The molecule has 4 rings (SSSR count). The summed E-state index contributed by atoms with van der Waals surface area (Å²) < 4.78 is 27.9. The summed E-state index contributed by atoms with van der Waals surface area (Å²) >= 11 is 0. The maximum absolute atomic E-state index is 11.5. The first-order valence-electron chi connectivity index (χ1n) is 13.4. The summed E-state index contributed by atoms with van der Waals surface area (Å²) in [5.41, 5.74) is 1.83. The van der Waals surface area contributed by atoms with Crippen LogP contribution in [0.1, 0.15) is 11.1 Å². The number of hydrogen-bond acceptors (Lipinski definition) is 13. The van der Waals surface area contributed by atoms with Gasteiger partial charge in [0, 0.05) is 13.1 Å². The van der Waals surface area contributed by atoms with Gasteiger partial charge in [-0.05, 0) is 35.4 Å². The summed E-state index contributed by atoms with van der Waals surface area (Å²) in [7, 11) is 3.16. The third kappa shape index (κ3) is 7.52. The molecule has 10 atom stereocenters. The Balaban J connectivity index is 1.52. The number of hydrogen-bond donors (Lipinski definition) is 8. The number of aliphatic hydroxyl groups excluding tert-OH is 6. The van der Waals surface area contributed by atoms with E-state index in [2.05, 4.69) is 10.6 Å². The molecule has 228 valence electrons. The number of nitrogens with one attached hydrogen (secondary N) is 2. The first-order valence-corrected chi connectivity index (χ1v) is 13.4. The van der Waals surface area contributed by atoms with Gasteiger partial charge < -0.3 is 59.6 Å². The second-order valence-electron chi connectivity index (χ2n) is 10.1. The molecule has 2 aromatic rings. The SMILES string of the molecule is COc1ccc(CN[C@@H]2[C@@H](O)[C@H](O[C@H]3O[C@H](CO)[C@@H](O)[C@H](O)[C@H]3O)[C@@H](CO)O[C@H]2NCc2ccc(OC)cc2)cc1. The molecule has 2 fully saturated rings. The van der Waals surface area contributed by atoms with Crippen molar-refractivity contribution >= 4 is 0 Å². The minimum atomic E-state index is -1.68. The molecule has 0 radical (unpaired) electrons. The Morgan fingerprint density at radius 2 is 1.20 bits per heavy atom. The molecule has 2 aromatic carbocycles. The Morgan fingerprint density at radius 1 is 0.659 bits per heavy atom. The molecule has 0 aliphatic carbocycles. The molecule has 41 heavy (non-hydrogen) atoms. The van der Waals surface area contributed by atoms with Gasteiger partial charge in [-0.2, -0.15) is 0 Å². The standard InChI is InChI=1S/C28H40N2O11/c1-37-17-7-3-15(4-8-17)11-29-21-23(34)26(41-28-25(36)24(35)22(33)19(13-31)40-28)20(14-32)39-27(21)30-12-16-5-9-18(38-2)10-6-16/h3-10,19-36H,11-14H2,1-2H3/t19-,20-,21-,22-,23-,24+,25-,26-,27-,28-/m1/s1. The minimum Gasteiger partial charge on any atom is -0.497 e. The van der Waals surface area contributed by atoms with Crippen LogP contribution in [0.2, 0.25) is 0 Å². The molecule has 0 saturated carbocycles. The van der Waals surface area contributed by atoms with Crippen molar-refractivity contribution in [2.24, 2.45) is 0 Å². The largest absolute Gasteiger partial charge is 0.497 e. The van der Waals surface area contributed by atoms with Crippen molar-refractivity contribution in [3.63, 3.8) is 0 Å². The average Bonchev–Trinajstić information content (AvgIpc) is 3.01. The Labute approximate surface area is 238 Å². The van der Waals surface area contributed by atoms with Crippen LogP contribution in [0.5, 0.6) is 11.5 Å². The van der Waals surface area contributed by atoms with E-state index in [4.69, 9.17) is 23.7 Å². The minimum absolute atomic E-state index is 0.340. The van der Waals surface area contributed by atoms with Gasteiger partial charge in [0.05, 0.1) is 33.5 Å². The van der Waals surface area contributed by atoms with Crippen LogP contribution in [0.3, 0.4) is 0 Å². The predicted molar refractivity (Wildman–Crippen MR) is 144 cm³/mol. The van der Waals surface area contributed by atoms with Crippen molar-refractivity contribution in [3.05, 3.63) is 59.7 Å². The van der Waals surface area contributed by atoms with E-state index >= 15 is 0 Å². The van der Waals surface area contributed by atoms with Gasteiger partial charge in [-0.1, -0.05) is 24.3 Å². The number of benzene rings is 2. The molecular formula is C28H40N2O11. The van der Waals surface area contributed by atoms with Crippen LogP contribution in [0.25, 0.3) is 0 Å². The quantitative estimate of drug-likeness (QED) is 0.141. The first-order chi connectivity index (χ1) is 19.8. The lowest BCUT2D eigenvalue weighted by Crippen LogP contribution is -2.69. The second-order valence-corrected chi connectivity index (χ2v) is 10.1. The molecule has 0 bridgehead atoms. The lowest BCUT2D eigenvalue weighted by atomic mass is 9.94. The van der Waals surface area contributed by atoms with E-state index in [1.165, 1.54) is 0 Å². The zero-order valence-electron chi connectivity index (χ0n) is 22.9. The molecule has 8 N–H and O–H groups in total. The zero-order chi connectivity index (χ0) is 29.5. The molecular weight excluding hydrogens is 540 g/mol. The molecule has 0 amide bonds. The van der Waals surface area contributed by atoms with E-state index in [9.17, 15) is 30.6 Å². The summed E-state index contributed by atoms with van der Waals surface area (Å²) in [6.45, 7) is -0.461. The van der Waals surface area contributed by atoms with Gasteiger partial charge >= 0.3 is 0 Å². The van der Waals surface area contributed by atoms with E-state index in [1.807, 2.05) is 48.5 Å². The molecule has 0 spiro atoms. The van der Waals surface area contributed by atoms with Crippen molar-refractivity contribution in [1.82, 2.24) is 10.6 Å². The Hall–Kier alpha value is -2.40. The Kier molecular flexibility index (Phi) is 11.3. The van der Waals surface area contributed by atoms with Crippen LogP contribution in [-0.2, 0) is 27.3 Å². The summed E-state index contributed by atoms with van der Waals surface area (Å²) in [5, 5.41) is 68.6. The number of rotatable bonds is 12. The summed E-state index contributed by atoms with van der Waals surface area (Å²) in [5.74, 6) is 1.42. The van der Waals surface area contributed by atoms with Gasteiger partial charge in [0.25, 0.3) is 0 Å². The van der Waals surface area contributed by atoms with E-state index in [0.29, 0.717) is 24.6 Å². The molecule has 2 aliphatic rings. The van der Waals surface area contributed by atoms with Gasteiger partial charge in [0.1, 0.15) is 60.5 Å². The molecule has 2 heterocycles. The average molecular weight is 581 g/mol. The molecule has 2 aliphatic heterocycles. The first kappa shape index (κ1) is 31.5. The maximum atomic E-state index is 11.5. The number of aliphatic hydroxyl groups is 6. The summed E-state index contributed by atoms with van der Waals surface area (Å²) in [6.07, 6.45) is -12.0. The van der Waals surface area contributed by atoms with Crippen LogP contribution < -0.4 is 20.1 Å². The van der Waals surface area contributed by atoms with Crippen LogP contribution >= 0.6 is 0 Å². The fourth-order valence-corrected chi connectivity index (χ4v) is 4.95. The normalized spacial score (nSPS) is 33.9. The lowest BCUT2D eigenvalue weighted by Gasteiger charge is -2.47. The van der Waals surface area contributed by atoms with Crippen LogP contribution in [0.4, 0.5) is 0 Å². The van der Waals surface area contributed by atoms with Crippen molar-refractivity contribution in [3.8, 4) is 11.5 Å². The predicted octanol–water partition coefficient (Wildman–Crippen LogP) is -1.78. The molecule has 2 saturated heterocycles. The van der Waals surface area contributed by atoms with Crippen molar-refractivity contribution < 1.29 is 54.3 Å². The maximum Gasteiger partial charge on any atom is 0.187 e. The topological polar surface area (TPSA) is 192 Å². The third-order valence-corrected chi connectivity index (χ3v) is 7.41. The lowest BCUT2D eigenvalue weighted by molar-refractivity contribution is -0.337. The Bertz CT molecular complexity index is 1060.